The molecule has 2 N–H and O–H groups in total. The predicted octanol–water partition coefficient (Wildman–Crippen LogP) is 4.52. The van der Waals surface area contributed by atoms with Crippen LogP contribution in [-0.4, -0.2) is 39.8 Å². The Hall–Kier alpha value is -2.66. The Bertz CT molecular complexity index is 1210. The number of ether oxygens (including phenoxy) is 2. The number of esters is 1. The number of rotatable bonds is 8. The highest BCUT2D eigenvalue weighted by Gasteiger charge is 2.22. The maximum Gasteiger partial charge on any atom is 0.341 e. The van der Waals surface area contributed by atoms with Crippen molar-refractivity contribution >= 4 is 44.6 Å². The molecule has 3 rings (SSSR count). The molecule has 0 aliphatic heterocycles. The molecule has 3 aromatic rings. The molecule has 0 unspecified atom stereocenters. The number of hydrogen-bond donors (Lipinski definition) is 2. The largest absolute Gasteiger partial charge is 0.507 e. The average Bonchev–Trinajstić information content (AvgIpc) is 3.10. The Balaban J connectivity index is 1.80. The van der Waals surface area contributed by atoms with Gasteiger partial charge in [-0.3, -0.25) is 4.72 Å². The lowest BCUT2D eigenvalue weighted by molar-refractivity contribution is 0.0385. The molecule has 0 saturated heterocycles. The molecule has 164 valence electrons. The third kappa shape index (κ3) is 5.53. The predicted molar refractivity (Wildman–Crippen MR) is 116 cm³/mol. The number of hydrogen-bond acceptors (Lipinski definition) is 7. The zero-order valence-electron chi connectivity index (χ0n) is 16.1. The molecule has 1 aromatic heterocycles. The van der Waals surface area contributed by atoms with Crippen LogP contribution in [-0.2, 0) is 19.5 Å². The minimum atomic E-state index is -4.05. The Kier molecular flexibility index (Phi) is 7.16. The van der Waals surface area contributed by atoms with Gasteiger partial charge in [0, 0.05) is 18.7 Å². The van der Waals surface area contributed by atoms with Crippen molar-refractivity contribution in [3.8, 4) is 16.9 Å². The lowest BCUT2D eigenvalue weighted by Crippen LogP contribution is -2.12. The zero-order valence-corrected chi connectivity index (χ0v) is 18.5. The Morgan fingerprint density at radius 1 is 1.19 bits per heavy atom. The van der Waals surface area contributed by atoms with Crippen LogP contribution in [0.25, 0.3) is 11.1 Å². The van der Waals surface area contributed by atoms with Gasteiger partial charge in [-0.25, -0.2) is 17.6 Å². The number of aromatic hydroxyl groups is 1. The number of carbonyl (C=O) groups excluding carboxylic acids is 1. The molecule has 0 amide bonds. The lowest BCUT2D eigenvalue weighted by atomic mass is 10.1. The summed E-state index contributed by atoms with van der Waals surface area (Å²) >= 11 is 6.99. The summed E-state index contributed by atoms with van der Waals surface area (Å²) in [7, 11) is -2.60. The second kappa shape index (κ2) is 9.65. The van der Waals surface area contributed by atoms with E-state index >= 15 is 0 Å². The summed E-state index contributed by atoms with van der Waals surface area (Å²) in [5, 5.41) is 10.1. The van der Waals surface area contributed by atoms with Crippen molar-refractivity contribution in [2.45, 2.75) is 4.21 Å². The van der Waals surface area contributed by atoms with Crippen molar-refractivity contribution < 1.29 is 32.2 Å². The number of methoxy groups -OCH3 is 1. The van der Waals surface area contributed by atoms with Crippen molar-refractivity contribution in [3.63, 3.8) is 0 Å². The monoisotopic (exact) mass is 485 g/mol. The summed E-state index contributed by atoms with van der Waals surface area (Å²) in [6.07, 6.45) is 0. The van der Waals surface area contributed by atoms with Crippen LogP contribution in [0.5, 0.6) is 5.75 Å². The zero-order chi connectivity index (χ0) is 22.6. The first-order valence-electron chi connectivity index (χ1n) is 8.78. The standard InChI is InChI=1S/C20H17ClFNO6S2/c1-28-7-8-29-20(25)15-6-5-14(10-17(15)24)23-31(26,27)18-11-16(19(21)30-18)12-3-2-4-13(22)9-12/h2-6,9-11,23-24H,7-8H2,1H3. The Labute approximate surface area is 187 Å². The number of phenolic OH excluding ortho intramolecular Hbond substituents is 1. The van der Waals surface area contributed by atoms with Gasteiger partial charge in [0.2, 0.25) is 0 Å². The van der Waals surface area contributed by atoms with Crippen LogP contribution in [0.1, 0.15) is 10.4 Å². The van der Waals surface area contributed by atoms with E-state index in [9.17, 15) is 22.7 Å². The van der Waals surface area contributed by atoms with Crippen LogP contribution in [0.3, 0.4) is 0 Å². The highest BCUT2D eigenvalue weighted by Crippen LogP contribution is 2.38. The molecule has 1 heterocycles. The normalized spacial score (nSPS) is 11.3. The van der Waals surface area contributed by atoms with Crippen LogP contribution in [0.15, 0.2) is 52.7 Å². The van der Waals surface area contributed by atoms with E-state index in [0.717, 1.165) is 17.4 Å². The molecule has 2 aromatic carbocycles. The van der Waals surface area contributed by atoms with Crippen LogP contribution >= 0.6 is 22.9 Å². The third-order valence-electron chi connectivity index (χ3n) is 4.06. The van der Waals surface area contributed by atoms with Crippen LogP contribution < -0.4 is 4.72 Å². The molecule has 31 heavy (non-hydrogen) atoms. The smallest absolute Gasteiger partial charge is 0.341 e. The number of benzene rings is 2. The molecule has 11 heteroatoms. The minimum Gasteiger partial charge on any atom is -0.507 e. The van der Waals surface area contributed by atoms with Gasteiger partial charge in [-0.05, 0) is 35.9 Å². The highest BCUT2D eigenvalue weighted by atomic mass is 35.5. The van der Waals surface area contributed by atoms with E-state index in [0.29, 0.717) is 11.1 Å². The number of phenols is 1. The molecule has 7 nitrogen and oxygen atoms in total. The fourth-order valence-corrected chi connectivity index (χ4v) is 5.42. The molecule has 0 aliphatic carbocycles. The average molecular weight is 486 g/mol. The van der Waals surface area contributed by atoms with E-state index in [2.05, 4.69) is 4.72 Å². The topological polar surface area (TPSA) is 102 Å². The molecule has 0 spiro atoms. The van der Waals surface area contributed by atoms with Crippen molar-refractivity contribution in [1.29, 1.82) is 0 Å². The second-order valence-corrected chi connectivity index (χ2v) is 9.79. The van der Waals surface area contributed by atoms with Crippen molar-refractivity contribution in [1.82, 2.24) is 0 Å². The first-order valence-corrected chi connectivity index (χ1v) is 11.5. The lowest BCUT2D eigenvalue weighted by Gasteiger charge is -2.09. The number of carbonyl (C=O) groups is 1. The second-order valence-electron chi connectivity index (χ2n) is 6.23. The Morgan fingerprint density at radius 2 is 1.97 bits per heavy atom. The number of sulfonamides is 1. The Morgan fingerprint density at radius 3 is 2.65 bits per heavy atom. The van der Waals surface area contributed by atoms with Crippen LogP contribution in [0, 0.1) is 5.82 Å². The highest BCUT2D eigenvalue weighted by molar-refractivity contribution is 7.94. The molecule has 0 atom stereocenters. The number of halogens is 2. The molecule has 0 bridgehead atoms. The molecule has 0 radical (unpaired) electrons. The molecular formula is C20H17ClFNO6S2. The summed E-state index contributed by atoms with van der Waals surface area (Å²) in [6.45, 7) is 0.210. The first-order chi connectivity index (χ1) is 14.7. The van der Waals surface area contributed by atoms with Gasteiger partial charge >= 0.3 is 5.97 Å². The van der Waals surface area contributed by atoms with Gasteiger partial charge in [-0.2, -0.15) is 0 Å². The maximum atomic E-state index is 13.5. The van der Waals surface area contributed by atoms with Gasteiger partial charge in [0.05, 0.1) is 12.3 Å². The summed E-state index contributed by atoms with van der Waals surface area (Å²) in [4.78, 5) is 11.9. The molecule has 0 fully saturated rings. The SMILES string of the molecule is COCCOC(=O)c1ccc(NS(=O)(=O)c2cc(-c3cccc(F)c3)c(Cl)s2)cc1O. The number of nitrogens with one attached hydrogen (secondary N) is 1. The van der Waals surface area contributed by atoms with E-state index in [1.54, 1.807) is 6.07 Å². The van der Waals surface area contributed by atoms with Gasteiger partial charge in [-0.1, -0.05) is 23.7 Å². The summed E-state index contributed by atoms with van der Waals surface area (Å²) in [6, 6.07) is 10.6. The fourth-order valence-electron chi connectivity index (χ4n) is 2.60. The van der Waals surface area contributed by atoms with E-state index in [4.69, 9.17) is 21.1 Å². The van der Waals surface area contributed by atoms with Gasteiger partial charge in [-0.15, -0.1) is 11.3 Å². The van der Waals surface area contributed by atoms with Crippen molar-refractivity contribution in [3.05, 3.63) is 64.2 Å². The van der Waals surface area contributed by atoms with Crippen LogP contribution in [0.4, 0.5) is 10.1 Å². The van der Waals surface area contributed by atoms with E-state index in [-0.39, 0.29) is 33.0 Å². The van der Waals surface area contributed by atoms with Gasteiger partial charge in [0.1, 0.15) is 32.3 Å². The van der Waals surface area contributed by atoms with Gasteiger partial charge in [0.15, 0.2) is 0 Å². The fraction of sp³-hybridized carbons (Fsp3) is 0.150. The molecule has 0 aliphatic rings. The van der Waals surface area contributed by atoms with E-state index < -0.39 is 27.6 Å². The first kappa shape index (κ1) is 23.0. The van der Waals surface area contributed by atoms with Gasteiger partial charge in [0.25, 0.3) is 10.0 Å². The third-order valence-corrected chi connectivity index (χ3v) is 7.27. The molecule has 0 saturated carbocycles. The number of anilines is 1. The molecular weight excluding hydrogens is 469 g/mol. The minimum absolute atomic E-state index is 0.00986. The van der Waals surface area contributed by atoms with Crippen molar-refractivity contribution in [2.24, 2.45) is 0 Å². The van der Waals surface area contributed by atoms with Crippen molar-refractivity contribution in [2.75, 3.05) is 25.0 Å². The summed E-state index contributed by atoms with van der Waals surface area (Å²) in [5.74, 6) is -1.69. The summed E-state index contributed by atoms with van der Waals surface area (Å²) < 4.78 is 51.1. The van der Waals surface area contributed by atoms with E-state index in [1.807, 2.05) is 0 Å². The quantitative estimate of drug-likeness (QED) is 0.359. The van der Waals surface area contributed by atoms with Crippen LogP contribution in [0.2, 0.25) is 4.34 Å². The summed E-state index contributed by atoms with van der Waals surface area (Å²) in [5.41, 5.74) is 0.731. The number of thiophene rings is 1. The van der Waals surface area contributed by atoms with E-state index in [1.165, 1.54) is 43.5 Å². The van der Waals surface area contributed by atoms with Gasteiger partial charge < -0.3 is 14.6 Å². The maximum absolute atomic E-state index is 13.5.